The third-order valence-corrected chi connectivity index (χ3v) is 5.24. The number of aromatic nitrogens is 1. The van der Waals surface area contributed by atoms with Gasteiger partial charge >= 0.3 is 0 Å². The van der Waals surface area contributed by atoms with Gasteiger partial charge in [-0.3, -0.25) is 4.79 Å². The zero-order valence-corrected chi connectivity index (χ0v) is 16.6. The van der Waals surface area contributed by atoms with E-state index in [0.717, 1.165) is 49.6 Å². The molecular weight excluding hydrogens is 346 g/mol. The second-order valence-corrected chi connectivity index (χ2v) is 7.11. The molecule has 1 aromatic carbocycles. The Labute approximate surface area is 162 Å². The minimum atomic E-state index is 0. The van der Waals surface area contributed by atoms with Crippen molar-refractivity contribution in [2.24, 2.45) is 5.92 Å². The molecule has 1 aromatic heterocycles. The van der Waals surface area contributed by atoms with E-state index >= 15 is 0 Å². The van der Waals surface area contributed by atoms with Crippen molar-refractivity contribution in [3.63, 3.8) is 0 Å². The number of nitrogens with zero attached hydrogens (tertiary/aromatic N) is 1. The second kappa shape index (κ2) is 9.79. The molecule has 26 heavy (non-hydrogen) atoms. The van der Waals surface area contributed by atoms with Gasteiger partial charge in [0.05, 0.1) is 5.56 Å². The minimum absolute atomic E-state index is 0. The van der Waals surface area contributed by atoms with Gasteiger partial charge in [0.1, 0.15) is 0 Å². The number of halogens is 1. The molecule has 0 aliphatic carbocycles. The van der Waals surface area contributed by atoms with E-state index in [1.54, 1.807) is 0 Å². The van der Waals surface area contributed by atoms with Crippen LogP contribution in [0.15, 0.2) is 36.4 Å². The van der Waals surface area contributed by atoms with E-state index < -0.39 is 0 Å². The Balaban J connectivity index is 0.00000243. The first-order valence-electron chi connectivity index (χ1n) is 9.34. The highest BCUT2D eigenvalue weighted by molar-refractivity contribution is 5.95. The van der Waals surface area contributed by atoms with Crippen molar-refractivity contribution < 1.29 is 4.79 Å². The molecule has 1 fully saturated rings. The summed E-state index contributed by atoms with van der Waals surface area (Å²) in [6.07, 6.45) is 3.58. The van der Waals surface area contributed by atoms with E-state index in [2.05, 4.69) is 46.4 Å². The molecule has 1 unspecified atom stereocenters. The van der Waals surface area contributed by atoms with Gasteiger partial charge in [0.2, 0.25) is 0 Å². The van der Waals surface area contributed by atoms with Crippen LogP contribution in [0.3, 0.4) is 0 Å². The molecule has 142 valence electrons. The standard InChI is InChI=1S/C21H29N3O.ClH/c1-16-13-20(17(2)24(16)15-19-7-4-3-5-8-19)21(25)23-12-10-18-9-6-11-22-14-18;/h3-5,7-8,13,18,22H,6,9-12,14-15H2,1-2H3,(H,23,25);1H. The zero-order valence-electron chi connectivity index (χ0n) is 15.8. The number of carbonyl (C=O) groups excluding carboxylic acids is 1. The topological polar surface area (TPSA) is 46.1 Å². The third kappa shape index (κ3) is 5.12. The lowest BCUT2D eigenvalue weighted by Gasteiger charge is -2.22. The van der Waals surface area contributed by atoms with Crippen LogP contribution in [0, 0.1) is 19.8 Å². The van der Waals surface area contributed by atoms with Gasteiger partial charge in [0, 0.05) is 24.5 Å². The maximum Gasteiger partial charge on any atom is 0.253 e. The first-order valence-corrected chi connectivity index (χ1v) is 9.34. The van der Waals surface area contributed by atoms with E-state index in [9.17, 15) is 4.79 Å². The monoisotopic (exact) mass is 375 g/mol. The summed E-state index contributed by atoms with van der Waals surface area (Å²) in [5, 5.41) is 6.54. The number of hydrogen-bond acceptors (Lipinski definition) is 2. The van der Waals surface area contributed by atoms with Gasteiger partial charge in [-0.25, -0.2) is 0 Å². The Morgan fingerprint density at radius 3 is 2.73 bits per heavy atom. The molecule has 0 saturated carbocycles. The fourth-order valence-electron chi connectivity index (χ4n) is 3.70. The summed E-state index contributed by atoms with van der Waals surface area (Å²) in [7, 11) is 0. The van der Waals surface area contributed by atoms with Crippen molar-refractivity contribution in [3.05, 3.63) is 58.9 Å². The number of hydrogen-bond donors (Lipinski definition) is 2. The van der Waals surface area contributed by atoms with Crippen LogP contribution in [0.2, 0.25) is 0 Å². The molecule has 0 spiro atoms. The van der Waals surface area contributed by atoms with Gasteiger partial charge in [0.25, 0.3) is 5.91 Å². The molecule has 1 amide bonds. The van der Waals surface area contributed by atoms with Gasteiger partial charge in [-0.05, 0) is 63.7 Å². The van der Waals surface area contributed by atoms with E-state index in [0.29, 0.717) is 5.92 Å². The highest BCUT2D eigenvalue weighted by Gasteiger charge is 2.17. The average molecular weight is 376 g/mol. The number of piperidine rings is 1. The molecule has 0 radical (unpaired) electrons. The molecule has 1 saturated heterocycles. The summed E-state index contributed by atoms with van der Waals surface area (Å²) >= 11 is 0. The first-order chi connectivity index (χ1) is 12.1. The third-order valence-electron chi connectivity index (χ3n) is 5.24. The highest BCUT2D eigenvalue weighted by Crippen LogP contribution is 2.18. The van der Waals surface area contributed by atoms with Gasteiger partial charge < -0.3 is 15.2 Å². The summed E-state index contributed by atoms with van der Waals surface area (Å²) in [6, 6.07) is 12.4. The number of benzene rings is 1. The maximum atomic E-state index is 12.6. The molecule has 4 nitrogen and oxygen atoms in total. The summed E-state index contributed by atoms with van der Waals surface area (Å²) in [5.74, 6) is 0.746. The largest absolute Gasteiger partial charge is 0.352 e. The molecule has 0 bridgehead atoms. The molecule has 1 atom stereocenters. The first kappa shape index (κ1) is 20.5. The minimum Gasteiger partial charge on any atom is -0.352 e. The van der Waals surface area contributed by atoms with Gasteiger partial charge in [-0.15, -0.1) is 12.4 Å². The predicted molar refractivity (Wildman–Crippen MR) is 109 cm³/mol. The lowest BCUT2D eigenvalue weighted by Crippen LogP contribution is -2.33. The van der Waals surface area contributed by atoms with Crippen LogP contribution in [0.4, 0.5) is 0 Å². The van der Waals surface area contributed by atoms with E-state index in [-0.39, 0.29) is 18.3 Å². The van der Waals surface area contributed by atoms with Crippen molar-refractivity contribution in [3.8, 4) is 0 Å². The normalized spacial score (nSPS) is 16.8. The Kier molecular flexibility index (Phi) is 7.73. The van der Waals surface area contributed by atoms with Crippen LogP contribution in [0.1, 0.15) is 46.6 Å². The van der Waals surface area contributed by atoms with Crippen LogP contribution >= 0.6 is 12.4 Å². The van der Waals surface area contributed by atoms with Crippen LogP contribution in [0.25, 0.3) is 0 Å². The summed E-state index contributed by atoms with van der Waals surface area (Å²) < 4.78 is 2.22. The molecule has 1 aliphatic rings. The van der Waals surface area contributed by atoms with Crippen LogP contribution < -0.4 is 10.6 Å². The molecular formula is C21H30ClN3O. The molecule has 2 aromatic rings. The fraction of sp³-hybridized carbons (Fsp3) is 0.476. The van der Waals surface area contributed by atoms with Crippen LogP contribution in [0.5, 0.6) is 0 Å². The van der Waals surface area contributed by atoms with Crippen LogP contribution in [-0.2, 0) is 6.54 Å². The van der Waals surface area contributed by atoms with Gasteiger partial charge in [-0.2, -0.15) is 0 Å². The smallest absolute Gasteiger partial charge is 0.253 e. The van der Waals surface area contributed by atoms with E-state index in [4.69, 9.17) is 0 Å². The molecule has 3 rings (SSSR count). The van der Waals surface area contributed by atoms with Gasteiger partial charge in [0.15, 0.2) is 0 Å². The molecule has 2 N–H and O–H groups in total. The number of rotatable bonds is 6. The second-order valence-electron chi connectivity index (χ2n) is 7.11. The summed E-state index contributed by atoms with van der Waals surface area (Å²) in [5.41, 5.74) is 4.22. The van der Waals surface area contributed by atoms with E-state index in [1.165, 1.54) is 18.4 Å². The van der Waals surface area contributed by atoms with Crippen molar-refractivity contribution in [1.29, 1.82) is 0 Å². The molecule has 5 heteroatoms. The number of nitrogens with one attached hydrogen (secondary N) is 2. The lowest BCUT2D eigenvalue weighted by molar-refractivity contribution is 0.0950. The number of carbonyl (C=O) groups is 1. The fourth-order valence-corrected chi connectivity index (χ4v) is 3.70. The van der Waals surface area contributed by atoms with E-state index in [1.807, 2.05) is 19.1 Å². The average Bonchev–Trinajstić information content (AvgIpc) is 2.92. The van der Waals surface area contributed by atoms with Crippen molar-refractivity contribution in [2.75, 3.05) is 19.6 Å². The molecule has 2 heterocycles. The van der Waals surface area contributed by atoms with Crippen molar-refractivity contribution in [1.82, 2.24) is 15.2 Å². The predicted octanol–water partition coefficient (Wildman–Crippen LogP) is 3.69. The SMILES string of the molecule is Cc1cc(C(=O)NCCC2CCCNC2)c(C)n1Cc1ccccc1.Cl. The Bertz CT molecular complexity index is 706. The van der Waals surface area contributed by atoms with Gasteiger partial charge in [-0.1, -0.05) is 30.3 Å². The summed E-state index contributed by atoms with van der Waals surface area (Å²) in [4.78, 5) is 12.6. The zero-order chi connectivity index (χ0) is 17.6. The van der Waals surface area contributed by atoms with Crippen molar-refractivity contribution >= 4 is 18.3 Å². The van der Waals surface area contributed by atoms with Crippen molar-refractivity contribution in [2.45, 2.75) is 39.7 Å². The molecule has 1 aliphatic heterocycles. The lowest BCUT2D eigenvalue weighted by atomic mass is 9.96. The maximum absolute atomic E-state index is 12.6. The Morgan fingerprint density at radius 2 is 2.04 bits per heavy atom. The Morgan fingerprint density at radius 1 is 1.27 bits per heavy atom. The Hall–Kier alpha value is -1.78. The number of aryl methyl sites for hydroxylation is 1. The highest BCUT2D eigenvalue weighted by atomic mass is 35.5. The number of amides is 1. The van der Waals surface area contributed by atoms with Crippen LogP contribution in [-0.4, -0.2) is 30.1 Å². The summed E-state index contributed by atoms with van der Waals surface area (Å²) in [6.45, 7) is 7.89. The quantitative estimate of drug-likeness (QED) is 0.808.